The van der Waals surface area contributed by atoms with E-state index < -0.39 is 18.1 Å². The van der Waals surface area contributed by atoms with E-state index in [1.165, 1.54) is 0 Å². The molecule has 3 atom stereocenters. The molecule has 1 saturated carbocycles. The molecule has 0 heterocycles. The van der Waals surface area contributed by atoms with Crippen LogP contribution in [0.2, 0.25) is 0 Å². The third-order valence-corrected chi connectivity index (χ3v) is 6.78. The van der Waals surface area contributed by atoms with Crippen LogP contribution >= 0.6 is 0 Å². The van der Waals surface area contributed by atoms with Crippen LogP contribution in [0.5, 0.6) is 0 Å². The predicted molar refractivity (Wildman–Crippen MR) is 124 cm³/mol. The molecule has 2 amide bonds. The Morgan fingerprint density at radius 2 is 1.67 bits per heavy atom. The fourth-order valence-electron chi connectivity index (χ4n) is 5.11. The highest BCUT2D eigenvalue weighted by Crippen LogP contribution is 2.44. The van der Waals surface area contributed by atoms with Crippen molar-refractivity contribution in [3.8, 4) is 11.1 Å². The van der Waals surface area contributed by atoms with Crippen LogP contribution in [0.15, 0.2) is 48.5 Å². The second-order valence-corrected chi connectivity index (χ2v) is 8.83. The van der Waals surface area contributed by atoms with Gasteiger partial charge in [-0.1, -0.05) is 61.9 Å². The van der Waals surface area contributed by atoms with E-state index >= 15 is 0 Å². The maximum atomic E-state index is 12.8. The molecular weight excluding hydrogens is 420 g/mol. The van der Waals surface area contributed by atoms with Crippen LogP contribution in [0.3, 0.4) is 0 Å². The van der Waals surface area contributed by atoms with Crippen LogP contribution < -0.4 is 10.6 Å². The zero-order chi connectivity index (χ0) is 23.4. The number of hydrogen-bond acceptors (Lipinski definition) is 4. The minimum Gasteiger partial charge on any atom is -0.481 e. The van der Waals surface area contributed by atoms with Crippen molar-refractivity contribution in [3.63, 3.8) is 0 Å². The minimum atomic E-state index is -0.857. The SMILES string of the molecule is CCC(NC(=O)OCC1c2ccccc2-c2ccccc21)C(=O)N[C@@H]1CCC[C@H]1CC(=O)O. The molecule has 1 fully saturated rings. The lowest BCUT2D eigenvalue weighted by atomic mass is 9.98. The van der Waals surface area contributed by atoms with Gasteiger partial charge in [-0.05, 0) is 47.4 Å². The highest BCUT2D eigenvalue weighted by molar-refractivity contribution is 5.86. The van der Waals surface area contributed by atoms with Crippen molar-refractivity contribution < 1.29 is 24.2 Å². The van der Waals surface area contributed by atoms with E-state index in [-0.39, 0.29) is 36.8 Å². The first-order chi connectivity index (χ1) is 16.0. The molecule has 2 aliphatic rings. The largest absolute Gasteiger partial charge is 0.481 e. The van der Waals surface area contributed by atoms with Crippen LogP contribution in [-0.4, -0.2) is 41.8 Å². The predicted octanol–water partition coefficient (Wildman–Crippen LogP) is 4.06. The monoisotopic (exact) mass is 450 g/mol. The summed E-state index contributed by atoms with van der Waals surface area (Å²) in [5, 5.41) is 14.7. The molecule has 2 aromatic carbocycles. The van der Waals surface area contributed by atoms with Crippen LogP contribution in [0.1, 0.15) is 56.1 Å². The van der Waals surface area contributed by atoms with E-state index in [9.17, 15) is 14.4 Å². The lowest BCUT2D eigenvalue weighted by molar-refractivity contribution is -0.138. The molecule has 2 aliphatic carbocycles. The van der Waals surface area contributed by atoms with Crippen LogP contribution in [0.4, 0.5) is 4.79 Å². The van der Waals surface area contributed by atoms with E-state index in [0.717, 1.165) is 41.5 Å². The summed E-state index contributed by atoms with van der Waals surface area (Å²) in [6, 6.07) is 15.3. The number of nitrogens with one attached hydrogen (secondary N) is 2. The van der Waals surface area contributed by atoms with Gasteiger partial charge >= 0.3 is 12.1 Å². The number of carbonyl (C=O) groups excluding carboxylic acids is 2. The van der Waals surface area contributed by atoms with Gasteiger partial charge in [0.25, 0.3) is 0 Å². The molecule has 0 spiro atoms. The summed E-state index contributed by atoms with van der Waals surface area (Å²) < 4.78 is 5.56. The standard InChI is InChI=1S/C26H30N2O5/c1-2-22(25(31)27-23-13-7-8-16(23)14-24(29)30)28-26(32)33-15-21-19-11-5-3-9-17(19)18-10-4-6-12-20(18)21/h3-6,9-12,16,21-23H,2,7-8,13-15H2,1H3,(H,27,31)(H,28,32)(H,29,30)/t16-,22?,23+/m0/s1. The van der Waals surface area contributed by atoms with Crippen molar-refractivity contribution in [1.29, 1.82) is 0 Å². The first-order valence-electron chi connectivity index (χ1n) is 11.6. The lowest BCUT2D eigenvalue weighted by Gasteiger charge is -2.23. The molecule has 3 N–H and O–H groups in total. The summed E-state index contributed by atoms with van der Waals surface area (Å²) in [4.78, 5) is 36.4. The number of carboxylic acid groups (broad SMARTS) is 1. The summed E-state index contributed by atoms with van der Waals surface area (Å²) in [6.45, 7) is 2.00. The molecule has 174 valence electrons. The average Bonchev–Trinajstić information content (AvgIpc) is 3.37. The van der Waals surface area contributed by atoms with Gasteiger partial charge in [-0.2, -0.15) is 0 Å². The smallest absolute Gasteiger partial charge is 0.407 e. The first-order valence-corrected chi connectivity index (χ1v) is 11.6. The van der Waals surface area contributed by atoms with Crippen molar-refractivity contribution in [2.75, 3.05) is 6.61 Å². The molecule has 0 bridgehead atoms. The molecule has 4 rings (SSSR count). The number of amides is 2. The molecule has 0 aliphatic heterocycles. The van der Waals surface area contributed by atoms with Gasteiger partial charge in [0.2, 0.25) is 5.91 Å². The summed E-state index contributed by atoms with van der Waals surface area (Å²) in [7, 11) is 0. The summed E-state index contributed by atoms with van der Waals surface area (Å²) in [5.74, 6) is -1.27. The normalized spacial score (nSPS) is 19.9. The Labute approximate surface area is 193 Å². The Bertz CT molecular complexity index is 991. The number of ether oxygens (including phenoxy) is 1. The number of carbonyl (C=O) groups is 3. The number of carboxylic acids is 1. The van der Waals surface area contributed by atoms with E-state index in [1.807, 2.05) is 31.2 Å². The van der Waals surface area contributed by atoms with E-state index in [2.05, 4.69) is 34.9 Å². The second kappa shape index (κ2) is 10.1. The van der Waals surface area contributed by atoms with Crippen LogP contribution in [-0.2, 0) is 14.3 Å². The highest BCUT2D eigenvalue weighted by atomic mass is 16.5. The molecular formula is C26H30N2O5. The highest BCUT2D eigenvalue weighted by Gasteiger charge is 2.33. The number of aliphatic carboxylic acids is 1. The van der Waals surface area contributed by atoms with E-state index in [4.69, 9.17) is 9.84 Å². The molecule has 7 heteroatoms. The lowest BCUT2D eigenvalue weighted by Crippen LogP contribution is -2.50. The molecule has 0 radical (unpaired) electrons. The Morgan fingerprint density at radius 3 is 2.27 bits per heavy atom. The molecule has 1 unspecified atom stereocenters. The number of benzene rings is 2. The molecule has 0 saturated heterocycles. The maximum Gasteiger partial charge on any atom is 0.407 e. The summed E-state index contributed by atoms with van der Waals surface area (Å²) in [5.41, 5.74) is 4.56. The van der Waals surface area contributed by atoms with Gasteiger partial charge in [-0.25, -0.2) is 4.79 Å². The van der Waals surface area contributed by atoms with Crippen molar-refractivity contribution in [2.45, 2.75) is 57.0 Å². The Kier molecular flexibility index (Phi) is 6.96. The maximum absolute atomic E-state index is 12.8. The topological polar surface area (TPSA) is 105 Å². The van der Waals surface area contributed by atoms with Crippen molar-refractivity contribution in [1.82, 2.24) is 10.6 Å². The Morgan fingerprint density at radius 1 is 1.03 bits per heavy atom. The van der Waals surface area contributed by atoms with Gasteiger partial charge in [0.05, 0.1) is 6.42 Å². The Balaban J connectivity index is 1.34. The first kappa shape index (κ1) is 22.8. The van der Waals surface area contributed by atoms with Gasteiger partial charge < -0.3 is 20.5 Å². The van der Waals surface area contributed by atoms with Gasteiger partial charge in [0.15, 0.2) is 0 Å². The fraction of sp³-hybridized carbons (Fsp3) is 0.423. The molecule has 7 nitrogen and oxygen atoms in total. The third-order valence-electron chi connectivity index (χ3n) is 6.78. The number of fused-ring (bicyclic) bond motifs is 3. The van der Waals surface area contributed by atoms with E-state index in [0.29, 0.717) is 6.42 Å². The van der Waals surface area contributed by atoms with E-state index in [1.54, 1.807) is 0 Å². The number of alkyl carbamates (subject to hydrolysis) is 1. The average molecular weight is 451 g/mol. The number of rotatable bonds is 8. The zero-order valence-corrected chi connectivity index (χ0v) is 18.8. The number of hydrogen-bond donors (Lipinski definition) is 3. The van der Waals surface area contributed by atoms with Crippen molar-refractivity contribution >= 4 is 18.0 Å². The summed E-state index contributed by atoms with van der Waals surface area (Å²) in [6.07, 6.45) is 2.25. The zero-order valence-electron chi connectivity index (χ0n) is 18.8. The Hall–Kier alpha value is -3.35. The van der Waals surface area contributed by atoms with Crippen LogP contribution in [0, 0.1) is 5.92 Å². The molecule has 0 aromatic heterocycles. The van der Waals surface area contributed by atoms with Crippen molar-refractivity contribution in [3.05, 3.63) is 59.7 Å². The summed E-state index contributed by atoms with van der Waals surface area (Å²) >= 11 is 0. The van der Waals surface area contributed by atoms with Gasteiger partial charge in [-0.3, -0.25) is 9.59 Å². The minimum absolute atomic E-state index is 0.0432. The van der Waals surface area contributed by atoms with Gasteiger partial charge in [0, 0.05) is 12.0 Å². The van der Waals surface area contributed by atoms with Crippen molar-refractivity contribution in [2.24, 2.45) is 5.92 Å². The quantitative estimate of drug-likeness (QED) is 0.563. The van der Waals surface area contributed by atoms with Gasteiger partial charge in [0.1, 0.15) is 12.6 Å². The fourth-order valence-corrected chi connectivity index (χ4v) is 5.11. The molecule has 2 aromatic rings. The second-order valence-electron chi connectivity index (χ2n) is 8.83. The van der Waals surface area contributed by atoms with Gasteiger partial charge in [-0.15, -0.1) is 0 Å². The molecule has 33 heavy (non-hydrogen) atoms. The van der Waals surface area contributed by atoms with Crippen LogP contribution in [0.25, 0.3) is 11.1 Å². The third kappa shape index (κ3) is 5.02.